The molecule has 0 bridgehead atoms. The molecule has 0 saturated carbocycles. The smallest absolute Gasteiger partial charge is 0.311 e. The van der Waals surface area contributed by atoms with E-state index in [1.165, 1.54) is 0 Å². The van der Waals surface area contributed by atoms with Crippen LogP contribution < -0.4 is 4.81 Å². The Hall–Kier alpha value is -2.22. The lowest BCUT2D eigenvalue weighted by atomic mass is 9.60. The summed E-state index contributed by atoms with van der Waals surface area (Å²) in [7, 11) is 0. The van der Waals surface area contributed by atoms with Crippen molar-refractivity contribution in [2.45, 2.75) is 0 Å². The Morgan fingerprint density at radius 3 is 1.44 bits per heavy atom. The number of anilines is 2. The molecule has 1 nitrogen and oxygen atoms in total. The molecule has 18 heavy (non-hydrogen) atoms. The molecule has 0 spiro atoms. The quantitative estimate of drug-likeness (QED) is 0.697. The average molecular weight is 233 g/mol. The van der Waals surface area contributed by atoms with Crippen molar-refractivity contribution in [2.24, 2.45) is 0 Å². The highest BCUT2D eigenvalue weighted by atomic mass is 15.1. The van der Waals surface area contributed by atoms with Crippen LogP contribution in [0.4, 0.5) is 11.4 Å². The third-order valence-corrected chi connectivity index (χ3v) is 2.85. The number of hydrogen-bond acceptors (Lipinski definition) is 1. The monoisotopic (exact) mass is 233 g/mol. The van der Waals surface area contributed by atoms with E-state index in [1.54, 1.807) is 0 Å². The first-order chi connectivity index (χ1) is 8.86. The van der Waals surface area contributed by atoms with Gasteiger partial charge in [-0.2, -0.15) is 0 Å². The van der Waals surface area contributed by atoms with Gasteiger partial charge in [-0.1, -0.05) is 48.3 Å². The first-order valence-electron chi connectivity index (χ1n) is 6.01. The van der Waals surface area contributed by atoms with Crippen LogP contribution in [0, 0.1) is 0 Å². The van der Waals surface area contributed by atoms with Gasteiger partial charge in [0.25, 0.3) is 0 Å². The molecule has 0 saturated heterocycles. The topological polar surface area (TPSA) is 3.24 Å². The largest absolute Gasteiger partial charge is 0.378 e. The number of rotatable bonds is 5. The highest BCUT2D eigenvalue weighted by Gasteiger charge is 2.18. The van der Waals surface area contributed by atoms with Crippen LogP contribution >= 0.6 is 0 Å². The van der Waals surface area contributed by atoms with E-state index in [2.05, 4.69) is 42.2 Å². The van der Waals surface area contributed by atoms with Gasteiger partial charge >= 0.3 is 6.85 Å². The van der Waals surface area contributed by atoms with Crippen molar-refractivity contribution in [2.75, 3.05) is 4.81 Å². The van der Waals surface area contributed by atoms with Gasteiger partial charge in [0.2, 0.25) is 0 Å². The Kier molecular flexibility index (Phi) is 4.03. The van der Waals surface area contributed by atoms with Gasteiger partial charge in [-0.25, -0.2) is 0 Å². The molecule has 0 aliphatic carbocycles. The lowest BCUT2D eigenvalue weighted by molar-refractivity contribution is 1.38. The highest BCUT2D eigenvalue weighted by Crippen LogP contribution is 2.26. The Morgan fingerprint density at radius 2 is 1.11 bits per heavy atom. The molecule has 0 aliphatic rings. The number of hydrogen-bond donors (Lipinski definition) is 0. The lowest BCUT2D eigenvalue weighted by Crippen LogP contribution is -2.32. The maximum Gasteiger partial charge on any atom is 0.311 e. The van der Waals surface area contributed by atoms with E-state index in [4.69, 9.17) is 0 Å². The van der Waals surface area contributed by atoms with Gasteiger partial charge < -0.3 is 4.81 Å². The van der Waals surface area contributed by atoms with Crippen molar-refractivity contribution in [3.05, 3.63) is 85.8 Å². The molecule has 88 valence electrons. The summed E-state index contributed by atoms with van der Waals surface area (Å²) >= 11 is 0. The summed E-state index contributed by atoms with van der Waals surface area (Å²) in [6, 6.07) is 20.5. The van der Waals surface area contributed by atoms with E-state index in [0.717, 1.165) is 11.4 Å². The molecule has 0 aromatic heterocycles. The predicted molar refractivity (Wildman–Crippen MR) is 81.2 cm³/mol. The first kappa shape index (κ1) is 12.2. The highest BCUT2D eigenvalue weighted by molar-refractivity contribution is 6.74. The molecule has 0 fully saturated rings. The summed E-state index contributed by atoms with van der Waals surface area (Å²) in [6.07, 6.45) is 0. The molecule has 0 radical (unpaired) electrons. The van der Waals surface area contributed by atoms with Crippen LogP contribution in [0.1, 0.15) is 0 Å². The zero-order valence-electron chi connectivity index (χ0n) is 10.4. The SMILES string of the molecule is C=CB(C=C)N(c1ccccc1)c1ccccc1. The molecule has 2 aromatic rings. The molecule has 2 heteroatoms. The second-order valence-electron chi connectivity index (χ2n) is 4.00. The van der Waals surface area contributed by atoms with Crippen molar-refractivity contribution in [3.8, 4) is 0 Å². The fourth-order valence-corrected chi connectivity index (χ4v) is 1.98. The first-order valence-corrected chi connectivity index (χ1v) is 6.01. The summed E-state index contributed by atoms with van der Waals surface area (Å²) in [5.41, 5.74) is 2.27. The molecular weight excluding hydrogens is 217 g/mol. The molecule has 0 heterocycles. The third-order valence-electron chi connectivity index (χ3n) is 2.85. The van der Waals surface area contributed by atoms with Crippen molar-refractivity contribution in [1.82, 2.24) is 0 Å². The zero-order chi connectivity index (χ0) is 12.8. The molecular formula is C16H16BN. The van der Waals surface area contributed by atoms with E-state index >= 15 is 0 Å². The van der Waals surface area contributed by atoms with E-state index < -0.39 is 0 Å². The minimum Gasteiger partial charge on any atom is -0.378 e. The van der Waals surface area contributed by atoms with Crippen LogP contribution in [0.2, 0.25) is 0 Å². The lowest BCUT2D eigenvalue weighted by Gasteiger charge is -2.28. The van der Waals surface area contributed by atoms with Gasteiger partial charge in [-0.05, 0) is 24.3 Å². The maximum atomic E-state index is 3.89. The summed E-state index contributed by atoms with van der Waals surface area (Å²) in [5, 5.41) is 0. The van der Waals surface area contributed by atoms with Gasteiger partial charge in [0.15, 0.2) is 0 Å². The van der Waals surface area contributed by atoms with E-state index in [-0.39, 0.29) is 6.85 Å². The summed E-state index contributed by atoms with van der Waals surface area (Å²) in [4.78, 5) is 2.21. The van der Waals surface area contributed by atoms with E-state index in [1.807, 2.05) is 48.3 Å². The Morgan fingerprint density at radius 1 is 0.722 bits per heavy atom. The molecule has 2 aromatic carbocycles. The van der Waals surface area contributed by atoms with Crippen LogP contribution in [0.25, 0.3) is 0 Å². The molecule has 0 unspecified atom stereocenters. The zero-order valence-corrected chi connectivity index (χ0v) is 10.4. The van der Waals surface area contributed by atoms with Crippen LogP contribution in [0.5, 0.6) is 0 Å². The molecule has 0 N–H and O–H groups in total. The number of nitrogens with zero attached hydrogens (tertiary/aromatic N) is 1. The van der Waals surface area contributed by atoms with Gasteiger partial charge in [-0.3, -0.25) is 0 Å². The normalized spacial score (nSPS) is 9.56. The van der Waals surface area contributed by atoms with Gasteiger partial charge in [-0.15, -0.1) is 13.2 Å². The average Bonchev–Trinajstić information content (AvgIpc) is 2.46. The van der Waals surface area contributed by atoms with Crippen molar-refractivity contribution >= 4 is 18.2 Å². The van der Waals surface area contributed by atoms with Crippen molar-refractivity contribution in [1.29, 1.82) is 0 Å². The second kappa shape index (κ2) is 5.92. The van der Waals surface area contributed by atoms with Crippen molar-refractivity contribution < 1.29 is 0 Å². The summed E-state index contributed by atoms with van der Waals surface area (Å²) in [6.45, 7) is 7.86. The fraction of sp³-hybridized carbons (Fsp3) is 0. The van der Waals surface area contributed by atoms with Crippen molar-refractivity contribution in [3.63, 3.8) is 0 Å². The Balaban J connectivity index is 2.47. The van der Waals surface area contributed by atoms with Crippen LogP contribution in [0.3, 0.4) is 0 Å². The van der Waals surface area contributed by atoms with Gasteiger partial charge in [0.1, 0.15) is 0 Å². The standard InChI is InChI=1S/C16H16BN/c1-3-17(4-2)18(15-11-7-5-8-12-15)16-13-9-6-10-14-16/h3-14H,1-2H2. The number of para-hydroxylation sites is 2. The third kappa shape index (κ3) is 2.54. The van der Waals surface area contributed by atoms with Crippen LogP contribution in [-0.2, 0) is 0 Å². The minimum absolute atomic E-state index is 0.0785. The predicted octanol–water partition coefficient (Wildman–Crippen LogP) is 4.27. The number of benzene rings is 2. The minimum atomic E-state index is 0.0785. The van der Waals surface area contributed by atoms with Gasteiger partial charge in [0, 0.05) is 11.4 Å². The van der Waals surface area contributed by atoms with E-state index in [9.17, 15) is 0 Å². The van der Waals surface area contributed by atoms with Crippen LogP contribution in [0.15, 0.2) is 85.8 Å². The molecule has 2 rings (SSSR count). The maximum absolute atomic E-state index is 3.89. The Bertz CT molecular complexity index is 460. The Labute approximate surface area is 109 Å². The summed E-state index contributed by atoms with van der Waals surface area (Å²) in [5.74, 6) is 3.79. The molecule has 0 atom stereocenters. The fourth-order valence-electron chi connectivity index (χ4n) is 1.98. The molecule has 0 aliphatic heterocycles. The summed E-state index contributed by atoms with van der Waals surface area (Å²) < 4.78 is 0. The van der Waals surface area contributed by atoms with Gasteiger partial charge in [0.05, 0.1) is 0 Å². The van der Waals surface area contributed by atoms with E-state index in [0.29, 0.717) is 0 Å². The van der Waals surface area contributed by atoms with Crippen LogP contribution in [-0.4, -0.2) is 6.85 Å². The molecule has 0 amide bonds. The second-order valence-corrected chi connectivity index (χ2v) is 4.00.